The van der Waals surface area contributed by atoms with Crippen molar-refractivity contribution in [2.24, 2.45) is 5.92 Å². The van der Waals surface area contributed by atoms with E-state index in [1.54, 1.807) is 35.5 Å². The van der Waals surface area contributed by atoms with Crippen molar-refractivity contribution in [1.29, 1.82) is 0 Å². The van der Waals surface area contributed by atoms with Crippen molar-refractivity contribution < 1.29 is 18.0 Å². The molecule has 3 heterocycles. The lowest BCUT2D eigenvalue weighted by atomic mass is 9.93. The number of nitrogens with one attached hydrogen (secondary N) is 1. The summed E-state index contributed by atoms with van der Waals surface area (Å²) in [6, 6.07) is 13.8. The molecule has 5 rings (SSSR count). The van der Waals surface area contributed by atoms with Gasteiger partial charge in [0.25, 0.3) is 0 Å². The second-order valence-electron chi connectivity index (χ2n) is 11.1. The molecule has 0 saturated carbocycles. The summed E-state index contributed by atoms with van der Waals surface area (Å²) in [5.41, 5.74) is 1.08. The molecule has 2 aromatic carbocycles. The molecule has 2 aliphatic heterocycles. The van der Waals surface area contributed by atoms with Crippen LogP contribution in [0.1, 0.15) is 12.8 Å². The minimum atomic E-state index is -3.89. The van der Waals surface area contributed by atoms with Crippen LogP contribution in [0.25, 0.3) is 10.8 Å². The SMILES string of the molecule is CN(C)CCNC(=O)C1CN(S(=O)(=O)c2ccc3cc(Br)ccc3c2)CCN1C(=O)C1CCN(c2ccncc2)CC1. The average Bonchev–Trinajstić information content (AvgIpc) is 3.00. The van der Waals surface area contributed by atoms with E-state index in [1.807, 2.05) is 49.3 Å². The Morgan fingerprint density at radius 3 is 2.38 bits per heavy atom. The number of benzene rings is 2. The maximum absolute atomic E-state index is 13.8. The van der Waals surface area contributed by atoms with Crippen LogP contribution in [0.3, 0.4) is 0 Å². The average molecular weight is 658 g/mol. The van der Waals surface area contributed by atoms with Crippen molar-refractivity contribution in [2.75, 3.05) is 64.8 Å². The van der Waals surface area contributed by atoms with Crippen LogP contribution in [0.4, 0.5) is 5.69 Å². The maximum atomic E-state index is 13.8. The number of piperidine rings is 1. The Labute approximate surface area is 255 Å². The number of sulfonamides is 1. The summed E-state index contributed by atoms with van der Waals surface area (Å²) < 4.78 is 29.8. The Kier molecular flexibility index (Phi) is 9.46. The Hall–Kier alpha value is -3.06. The topological polar surface area (TPSA) is 106 Å². The van der Waals surface area contributed by atoms with Gasteiger partial charge in [-0.2, -0.15) is 4.31 Å². The molecule has 2 fully saturated rings. The summed E-state index contributed by atoms with van der Waals surface area (Å²) in [4.78, 5) is 37.4. The number of piperazine rings is 1. The molecular weight excluding hydrogens is 620 g/mol. The van der Waals surface area contributed by atoms with Gasteiger partial charge in [0.2, 0.25) is 21.8 Å². The standard InChI is InChI=1S/C30H37BrN6O4S/c1-34(2)16-13-33-29(38)28-21-36(42(40,41)27-6-4-23-19-25(31)5-3-24(23)20-27)17-18-37(28)30(39)22-9-14-35(15-10-22)26-7-11-32-12-8-26/h3-8,11-12,19-20,22,28H,9-10,13-18,21H2,1-2H3,(H,33,38). The summed E-state index contributed by atoms with van der Waals surface area (Å²) in [6.45, 7) is 2.70. The van der Waals surface area contributed by atoms with Crippen LogP contribution in [-0.4, -0.2) is 105 Å². The molecule has 3 aromatic rings. The van der Waals surface area contributed by atoms with E-state index < -0.39 is 16.1 Å². The Morgan fingerprint density at radius 2 is 1.67 bits per heavy atom. The molecule has 2 amide bonds. The predicted octanol–water partition coefficient (Wildman–Crippen LogP) is 2.79. The molecule has 42 heavy (non-hydrogen) atoms. The molecule has 1 unspecified atom stereocenters. The lowest BCUT2D eigenvalue weighted by Gasteiger charge is -2.42. The van der Waals surface area contributed by atoms with Gasteiger partial charge in [0.05, 0.1) is 4.90 Å². The van der Waals surface area contributed by atoms with Crippen molar-refractivity contribution >= 4 is 54.2 Å². The maximum Gasteiger partial charge on any atom is 0.244 e. The van der Waals surface area contributed by atoms with Gasteiger partial charge in [0.1, 0.15) is 6.04 Å². The number of nitrogens with zero attached hydrogens (tertiary/aromatic N) is 5. The van der Waals surface area contributed by atoms with Crippen LogP contribution in [0.15, 0.2) is 70.3 Å². The highest BCUT2D eigenvalue weighted by Crippen LogP contribution is 2.29. The zero-order chi connectivity index (χ0) is 29.9. The van der Waals surface area contributed by atoms with Crippen LogP contribution in [0.2, 0.25) is 0 Å². The fourth-order valence-corrected chi connectivity index (χ4v) is 7.52. The Bertz CT molecular complexity index is 1530. The third-order valence-corrected chi connectivity index (χ3v) is 10.4. The molecule has 12 heteroatoms. The summed E-state index contributed by atoms with van der Waals surface area (Å²) >= 11 is 3.45. The minimum absolute atomic E-state index is 0.0783. The summed E-state index contributed by atoms with van der Waals surface area (Å²) in [5.74, 6) is -0.628. The zero-order valence-corrected chi connectivity index (χ0v) is 26.3. The van der Waals surface area contributed by atoms with Crippen LogP contribution >= 0.6 is 15.9 Å². The number of amides is 2. The van der Waals surface area contributed by atoms with Crippen molar-refractivity contribution in [3.8, 4) is 0 Å². The van der Waals surface area contributed by atoms with Gasteiger partial charge in [-0.15, -0.1) is 0 Å². The molecule has 10 nitrogen and oxygen atoms in total. The lowest BCUT2D eigenvalue weighted by molar-refractivity contribution is -0.146. The van der Waals surface area contributed by atoms with Gasteiger partial charge in [0, 0.05) is 74.3 Å². The van der Waals surface area contributed by atoms with Crippen LogP contribution in [-0.2, 0) is 19.6 Å². The molecule has 1 N–H and O–H groups in total. The molecule has 2 aliphatic rings. The van der Waals surface area contributed by atoms with Crippen LogP contribution < -0.4 is 10.2 Å². The molecule has 2 saturated heterocycles. The van der Waals surface area contributed by atoms with E-state index in [0.717, 1.165) is 34.0 Å². The lowest BCUT2D eigenvalue weighted by Crippen LogP contribution is -2.63. The number of anilines is 1. The third-order valence-electron chi connectivity index (χ3n) is 8.07. The van der Waals surface area contributed by atoms with Crippen molar-refractivity contribution in [1.82, 2.24) is 24.4 Å². The van der Waals surface area contributed by atoms with E-state index in [0.29, 0.717) is 25.9 Å². The van der Waals surface area contributed by atoms with Gasteiger partial charge >= 0.3 is 0 Å². The first-order valence-electron chi connectivity index (χ1n) is 14.2. The van der Waals surface area contributed by atoms with E-state index >= 15 is 0 Å². The Balaban J connectivity index is 1.33. The number of rotatable bonds is 8. The summed E-state index contributed by atoms with van der Waals surface area (Å²) in [6.07, 6.45) is 4.86. The number of halogens is 1. The third kappa shape index (κ3) is 6.77. The van der Waals surface area contributed by atoms with Crippen molar-refractivity contribution in [3.63, 3.8) is 0 Å². The van der Waals surface area contributed by atoms with Gasteiger partial charge in [-0.05, 0) is 74.1 Å². The van der Waals surface area contributed by atoms with Crippen LogP contribution in [0.5, 0.6) is 0 Å². The first-order chi connectivity index (χ1) is 20.1. The second kappa shape index (κ2) is 13.1. The normalized spacial score (nSPS) is 18.9. The molecule has 224 valence electrons. The number of likely N-dealkylation sites (N-methyl/N-ethyl adjacent to an activating group) is 1. The van der Waals surface area contributed by atoms with Crippen LogP contribution in [0, 0.1) is 5.92 Å². The molecule has 0 bridgehead atoms. The van der Waals surface area contributed by atoms with Gasteiger partial charge in [-0.25, -0.2) is 8.42 Å². The smallest absolute Gasteiger partial charge is 0.244 e. The fourth-order valence-electron chi connectivity index (χ4n) is 5.66. The van der Waals surface area contributed by atoms with Crippen molar-refractivity contribution in [2.45, 2.75) is 23.8 Å². The monoisotopic (exact) mass is 656 g/mol. The van der Waals surface area contributed by atoms with E-state index in [1.165, 1.54) is 4.31 Å². The summed E-state index contributed by atoms with van der Waals surface area (Å²) in [5, 5.41) is 4.66. The highest BCUT2D eigenvalue weighted by atomic mass is 79.9. The molecule has 0 aliphatic carbocycles. The first-order valence-corrected chi connectivity index (χ1v) is 16.4. The molecule has 0 spiro atoms. The minimum Gasteiger partial charge on any atom is -0.371 e. The molecule has 0 radical (unpaired) electrons. The van der Waals surface area contributed by atoms with Gasteiger partial charge < -0.3 is 20.0 Å². The Morgan fingerprint density at radius 1 is 0.976 bits per heavy atom. The first kappa shape index (κ1) is 30.4. The molecular formula is C30H37BrN6O4S. The van der Waals surface area contributed by atoms with E-state index in [4.69, 9.17) is 0 Å². The van der Waals surface area contributed by atoms with Gasteiger partial charge in [0.15, 0.2) is 0 Å². The van der Waals surface area contributed by atoms with Crippen molar-refractivity contribution in [3.05, 3.63) is 65.4 Å². The number of hydrogen-bond donors (Lipinski definition) is 1. The molecule has 1 atom stereocenters. The number of hydrogen-bond acceptors (Lipinski definition) is 7. The quantitative estimate of drug-likeness (QED) is 0.398. The van der Waals surface area contributed by atoms with E-state index in [9.17, 15) is 18.0 Å². The fraction of sp³-hybridized carbons (Fsp3) is 0.433. The van der Waals surface area contributed by atoms with E-state index in [2.05, 4.69) is 31.1 Å². The second-order valence-corrected chi connectivity index (χ2v) is 14.0. The largest absolute Gasteiger partial charge is 0.371 e. The van der Waals surface area contributed by atoms with E-state index in [-0.39, 0.29) is 42.3 Å². The number of fused-ring (bicyclic) bond motifs is 1. The number of aromatic nitrogens is 1. The molecule has 1 aromatic heterocycles. The zero-order valence-electron chi connectivity index (χ0n) is 23.9. The number of carbonyl (C=O) groups is 2. The predicted molar refractivity (Wildman–Crippen MR) is 167 cm³/mol. The van der Waals surface area contributed by atoms with Gasteiger partial charge in [-0.1, -0.05) is 28.1 Å². The van der Waals surface area contributed by atoms with Gasteiger partial charge in [-0.3, -0.25) is 14.6 Å². The highest BCUT2D eigenvalue weighted by Gasteiger charge is 2.42. The number of pyridine rings is 1. The number of carbonyl (C=O) groups excluding carboxylic acids is 2. The summed E-state index contributed by atoms with van der Waals surface area (Å²) in [7, 11) is -0.0639. The highest BCUT2D eigenvalue weighted by molar-refractivity contribution is 9.10.